The average molecular weight is 279 g/mol. The summed E-state index contributed by atoms with van der Waals surface area (Å²) < 4.78 is 26.8. The van der Waals surface area contributed by atoms with Crippen LogP contribution in [0.3, 0.4) is 0 Å². The van der Waals surface area contributed by atoms with Crippen molar-refractivity contribution < 1.29 is 8.42 Å². The van der Waals surface area contributed by atoms with E-state index >= 15 is 0 Å². The Morgan fingerprint density at radius 1 is 1.47 bits per heavy atom. The van der Waals surface area contributed by atoms with Crippen molar-refractivity contribution in [1.82, 2.24) is 9.62 Å². The van der Waals surface area contributed by atoms with Crippen molar-refractivity contribution >= 4 is 10.0 Å². The van der Waals surface area contributed by atoms with Crippen LogP contribution in [-0.4, -0.2) is 38.4 Å². The Labute approximate surface area is 113 Å². The zero-order valence-electron chi connectivity index (χ0n) is 11.0. The van der Waals surface area contributed by atoms with E-state index in [-0.39, 0.29) is 16.5 Å². The highest BCUT2D eigenvalue weighted by Crippen LogP contribution is 2.24. The second-order valence-electron chi connectivity index (χ2n) is 4.73. The standard InChI is InChI=1S/C13H17N3O2S/c1-10-4-3-5-13(12(10)8-14)19(17,18)16-7-6-15-9-11(16)2/h3-5,11,15H,6-7,9H2,1-2H3/t11-/m0/s1. The summed E-state index contributed by atoms with van der Waals surface area (Å²) in [6, 6.07) is 6.83. The molecule has 0 aliphatic carbocycles. The Balaban J connectivity index is 2.51. The van der Waals surface area contributed by atoms with Crippen molar-refractivity contribution in [3.8, 4) is 6.07 Å². The molecule has 1 aliphatic heterocycles. The Morgan fingerprint density at radius 2 is 2.21 bits per heavy atom. The Kier molecular flexibility index (Phi) is 3.90. The first-order valence-electron chi connectivity index (χ1n) is 6.20. The molecule has 0 bridgehead atoms. The third-order valence-corrected chi connectivity index (χ3v) is 5.43. The summed E-state index contributed by atoms with van der Waals surface area (Å²) in [4.78, 5) is 0.115. The lowest BCUT2D eigenvalue weighted by atomic mass is 10.1. The first-order valence-corrected chi connectivity index (χ1v) is 7.64. The SMILES string of the molecule is Cc1cccc(S(=O)(=O)N2CCNC[C@@H]2C)c1C#N. The second kappa shape index (κ2) is 5.29. The number of aryl methyl sites for hydroxylation is 1. The molecular formula is C13H17N3O2S. The Hall–Kier alpha value is -1.42. The van der Waals surface area contributed by atoms with E-state index in [0.717, 1.165) is 0 Å². The summed E-state index contributed by atoms with van der Waals surface area (Å²) in [5, 5.41) is 12.3. The Bertz CT molecular complexity index is 619. The number of benzene rings is 1. The van der Waals surface area contributed by atoms with E-state index in [4.69, 9.17) is 0 Å². The van der Waals surface area contributed by atoms with Crippen molar-refractivity contribution in [3.05, 3.63) is 29.3 Å². The molecule has 5 nitrogen and oxygen atoms in total. The molecule has 0 spiro atoms. The van der Waals surface area contributed by atoms with E-state index < -0.39 is 10.0 Å². The van der Waals surface area contributed by atoms with E-state index in [1.165, 1.54) is 10.4 Å². The number of hydrogen-bond donors (Lipinski definition) is 1. The minimum atomic E-state index is -3.61. The summed E-state index contributed by atoms with van der Waals surface area (Å²) in [6.07, 6.45) is 0. The van der Waals surface area contributed by atoms with Gasteiger partial charge in [-0.25, -0.2) is 8.42 Å². The number of hydrogen-bond acceptors (Lipinski definition) is 4. The van der Waals surface area contributed by atoms with Crippen LogP contribution in [0.1, 0.15) is 18.1 Å². The molecule has 0 saturated carbocycles. The van der Waals surface area contributed by atoms with Crippen molar-refractivity contribution in [1.29, 1.82) is 5.26 Å². The van der Waals surface area contributed by atoms with Crippen LogP contribution in [0, 0.1) is 18.3 Å². The smallest absolute Gasteiger partial charge is 0.244 e. The normalized spacial score (nSPS) is 21.0. The van der Waals surface area contributed by atoms with Gasteiger partial charge < -0.3 is 5.32 Å². The molecule has 1 aliphatic rings. The van der Waals surface area contributed by atoms with E-state index in [1.807, 2.05) is 13.0 Å². The summed E-state index contributed by atoms with van der Waals surface area (Å²) in [6.45, 7) is 5.32. The van der Waals surface area contributed by atoms with Gasteiger partial charge in [-0.2, -0.15) is 9.57 Å². The van der Waals surface area contributed by atoms with E-state index in [1.54, 1.807) is 19.1 Å². The maximum Gasteiger partial charge on any atom is 0.244 e. The maximum absolute atomic E-state index is 12.7. The van der Waals surface area contributed by atoms with Crippen LogP contribution in [0.15, 0.2) is 23.1 Å². The summed E-state index contributed by atoms with van der Waals surface area (Å²) in [5.41, 5.74) is 0.930. The number of nitrogens with one attached hydrogen (secondary N) is 1. The van der Waals surface area contributed by atoms with Gasteiger partial charge in [0.1, 0.15) is 11.0 Å². The minimum absolute atomic E-state index is 0.106. The van der Waals surface area contributed by atoms with Gasteiger partial charge >= 0.3 is 0 Å². The van der Waals surface area contributed by atoms with Crippen LogP contribution in [0.2, 0.25) is 0 Å². The van der Waals surface area contributed by atoms with Gasteiger partial charge in [-0.3, -0.25) is 0 Å². The van der Waals surface area contributed by atoms with Gasteiger partial charge in [0.05, 0.1) is 5.56 Å². The van der Waals surface area contributed by atoms with Crippen LogP contribution in [0.25, 0.3) is 0 Å². The van der Waals surface area contributed by atoms with Gasteiger partial charge in [0.15, 0.2) is 0 Å². The number of nitriles is 1. The Morgan fingerprint density at radius 3 is 2.84 bits per heavy atom. The molecule has 2 rings (SSSR count). The van der Waals surface area contributed by atoms with Gasteiger partial charge in [-0.1, -0.05) is 12.1 Å². The maximum atomic E-state index is 12.7. The molecule has 1 fully saturated rings. The third-order valence-electron chi connectivity index (χ3n) is 3.37. The summed E-state index contributed by atoms with van der Waals surface area (Å²) in [5.74, 6) is 0. The summed E-state index contributed by atoms with van der Waals surface area (Å²) in [7, 11) is -3.61. The third kappa shape index (κ3) is 2.50. The van der Waals surface area contributed by atoms with Gasteiger partial charge in [0, 0.05) is 25.7 Å². The lowest BCUT2D eigenvalue weighted by molar-refractivity contribution is 0.284. The van der Waals surface area contributed by atoms with Crippen LogP contribution in [0.4, 0.5) is 0 Å². The van der Waals surface area contributed by atoms with Gasteiger partial charge in [-0.15, -0.1) is 0 Å². The van der Waals surface area contributed by atoms with Gasteiger partial charge in [0.2, 0.25) is 10.0 Å². The first kappa shape index (κ1) is 14.0. The zero-order valence-corrected chi connectivity index (χ0v) is 11.9. The number of nitrogens with zero attached hydrogens (tertiary/aromatic N) is 2. The van der Waals surface area contributed by atoms with Gasteiger partial charge in [-0.05, 0) is 25.5 Å². The number of sulfonamides is 1. The van der Waals surface area contributed by atoms with Gasteiger partial charge in [0.25, 0.3) is 0 Å². The van der Waals surface area contributed by atoms with E-state index in [0.29, 0.717) is 25.2 Å². The molecule has 102 valence electrons. The van der Waals surface area contributed by atoms with Crippen LogP contribution < -0.4 is 5.32 Å². The molecule has 0 unspecified atom stereocenters. The van der Waals surface area contributed by atoms with E-state index in [2.05, 4.69) is 5.32 Å². The lowest BCUT2D eigenvalue weighted by Gasteiger charge is -2.33. The monoisotopic (exact) mass is 279 g/mol. The van der Waals surface area contributed by atoms with Crippen molar-refractivity contribution in [2.75, 3.05) is 19.6 Å². The second-order valence-corrected chi connectivity index (χ2v) is 6.59. The lowest BCUT2D eigenvalue weighted by Crippen LogP contribution is -2.52. The number of piperazine rings is 1. The molecule has 1 aromatic rings. The molecule has 1 atom stereocenters. The molecule has 0 radical (unpaired) electrons. The fraction of sp³-hybridized carbons (Fsp3) is 0.462. The molecule has 6 heteroatoms. The van der Waals surface area contributed by atoms with Crippen molar-refractivity contribution in [3.63, 3.8) is 0 Å². The zero-order chi connectivity index (χ0) is 14.0. The molecular weight excluding hydrogens is 262 g/mol. The fourth-order valence-corrected chi connectivity index (χ4v) is 4.15. The molecule has 1 N–H and O–H groups in total. The van der Waals surface area contributed by atoms with Crippen LogP contribution in [-0.2, 0) is 10.0 Å². The molecule has 1 saturated heterocycles. The van der Waals surface area contributed by atoms with Crippen molar-refractivity contribution in [2.24, 2.45) is 0 Å². The highest BCUT2D eigenvalue weighted by atomic mass is 32.2. The average Bonchev–Trinajstić information content (AvgIpc) is 2.38. The number of rotatable bonds is 2. The highest BCUT2D eigenvalue weighted by Gasteiger charge is 2.32. The van der Waals surface area contributed by atoms with Crippen LogP contribution in [0.5, 0.6) is 0 Å². The highest BCUT2D eigenvalue weighted by molar-refractivity contribution is 7.89. The van der Waals surface area contributed by atoms with E-state index in [9.17, 15) is 13.7 Å². The minimum Gasteiger partial charge on any atom is -0.314 e. The van der Waals surface area contributed by atoms with Crippen LogP contribution >= 0.6 is 0 Å². The predicted molar refractivity (Wildman–Crippen MR) is 72.1 cm³/mol. The molecule has 1 heterocycles. The topological polar surface area (TPSA) is 73.2 Å². The molecule has 19 heavy (non-hydrogen) atoms. The fourth-order valence-electron chi connectivity index (χ4n) is 2.30. The molecule has 0 aromatic heterocycles. The first-order chi connectivity index (χ1) is 8.98. The molecule has 0 amide bonds. The van der Waals surface area contributed by atoms with Crippen molar-refractivity contribution in [2.45, 2.75) is 24.8 Å². The predicted octanol–water partition coefficient (Wildman–Crippen LogP) is 0.849. The largest absolute Gasteiger partial charge is 0.314 e. The quantitative estimate of drug-likeness (QED) is 0.871. The summed E-state index contributed by atoms with van der Waals surface area (Å²) >= 11 is 0. The molecule has 1 aromatic carbocycles.